The van der Waals surface area contributed by atoms with E-state index in [4.69, 9.17) is 5.26 Å². The minimum absolute atomic E-state index is 0.322. The summed E-state index contributed by atoms with van der Waals surface area (Å²) in [5.41, 5.74) is 0. The maximum Gasteiger partial charge on any atom is 0.116 e. The van der Waals surface area contributed by atoms with Crippen molar-refractivity contribution in [3.8, 4) is 6.07 Å². The van der Waals surface area contributed by atoms with Gasteiger partial charge < -0.3 is 0 Å². The van der Waals surface area contributed by atoms with E-state index in [1.165, 1.54) is 38.5 Å². The van der Waals surface area contributed by atoms with Crippen molar-refractivity contribution < 1.29 is 4.39 Å². The molecule has 0 aromatic carbocycles. The molecule has 0 aromatic rings. The zero-order chi connectivity index (χ0) is 13.0. The number of hydrogen-bond donors (Lipinski definition) is 0. The Morgan fingerprint density at radius 3 is 2.28 bits per heavy atom. The second-order valence-corrected chi connectivity index (χ2v) is 6.39. The highest BCUT2D eigenvalue weighted by atomic mass is 19.1. The molecule has 0 spiro atoms. The van der Waals surface area contributed by atoms with Gasteiger partial charge in [-0.3, -0.25) is 0 Å². The first-order valence-corrected chi connectivity index (χ1v) is 7.78. The molecule has 0 N–H and O–H groups in total. The molecule has 102 valence electrons. The van der Waals surface area contributed by atoms with Crippen LogP contribution in [0.2, 0.25) is 0 Å². The molecule has 3 unspecified atom stereocenters. The van der Waals surface area contributed by atoms with Crippen LogP contribution in [0.4, 0.5) is 4.39 Å². The Hall–Kier alpha value is -0.580. The number of nitriles is 1. The molecule has 2 saturated carbocycles. The van der Waals surface area contributed by atoms with Gasteiger partial charge in [-0.2, -0.15) is 5.26 Å². The van der Waals surface area contributed by atoms with Gasteiger partial charge in [0.2, 0.25) is 0 Å². The topological polar surface area (TPSA) is 23.8 Å². The monoisotopic (exact) mass is 251 g/mol. The van der Waals surface area contributed by atoms with Crippen LogP contribution in [-0.4, -0.2) is 6.17 Å². The second-order valence-electron chi connectivity index (χ2n) is 6.39. The fourth-order valence-electron chi connectivity index (χ4n) is 4.08. The maximum atomic E-state index is 13.8. The van der Waals surface area contributed by atoms with Gasteiger partial charge in [-0.15, -0.1) is 0 Å². The molecule has 2 fully saturated rings. The lowest BCUT2D eigenvalue weighted by Crippen LogP contribution is -2.31. The maximum absolute atomic E-state index is 13.8. The molecule has 0 radical (unpaired) electrons. The zero-order valence-electron chi connectivity index (χ0n) is 11.6. The molecule has 2 aliphatic carbocycles. The minimum atomic E-state index is -0.859. The fraction of sp³-hybridized carbons (Fsp3) is 0.938. The normalized spacial score (nSPS) is 41.3. The van der Waals surface area contributed by atoms with E-state index in [0.29, 0.717) is 12.3 Å². The molecule has 0 bridgehead atoms. The van der Waals surface area contributed by atoms with Crippen LogP contribution in [-0.2, 0) is 0 Å². The van der Waals surface area contributed by atoms with Crippen molar-refractivity contribution >= 4 is 0 Å². The predicted octanol–water partition coefficient (Wildman–Crippen LogP) is 4.87. The van der Waals surface area contributed by atoms with Gasteiger partial charge in [0.15, 0.2) is 0 Å². The minimum Gasteiger partial charge on any atom is -0.246 e. The molecule has 2 aliphatic rings. The van der Waals surface area contributed by atoms with Crippen molar-refractivity contribution in [3.63, 3.8) is 0 Å². The van der Waals surface area contributed by atoms with Gasteiger partial charge in [0.1, 0.15) is 6.17 Å². The number of hydrogen-bond acceptors (Lipinski definition) is 1. The van der Waals surface area contributed by atoms with Gasteiger partial charge in [-0.05, 0) is 49.9 Å². The standard InChI is InChI=1S/C16H26FN/c1-2-3-12-4-6-13(7-5-12)14-8-9-15(11-18)16(17)10-14/h12-16H,2-10H2,1H3. The Morgan fingerprint density at radius 1 is 1.06 bits per heavy atom. The number of alkyl halides is 1. The van der Waals surface area contributed by atoms with E-state index >= 15 is 0 Å². The molecule has 0 heterocycles. The molecule has 0 aliphatic heterocycles. The summed E-state index contributed by atoms with van der Waals surface area (Å²) in [7, 11) is 0. The van der Waals surface area contributed by atoms with Crippen molar-refractivity contribution in [3.05, 3.63) is 0 Å². The summed E-state index contributed by atoms with van der Waals surface area (Å²) < 4.78 is 13.8. The average molecular weight is 251 g/mol. The third-order valence-electron chi connectivity index (χ3n) is 5.23. The van der Waals surface area contributed by atoms with Gasteiger partial charge in [0.25, 0.3) is 0 Å². The summed E-state index contributed by atoms with van der Waals surface area (Å²) in [6.07, 6.45) is 9.66. The fourth-order valence-corrected chi connectivity index (χ4v) is 4.08. The van der Waals surface area contributed by atoms with Crippen LogP contribution in [0.25, 0.3) is 0 Å². The van der Waals surface area contributed by atoms with Crippen molar-refractivity contribution in [1.29, 1.82) is 5.26 Å². The first-order chi connectivity index (χ1) is 8.74. The molecule has 3 atom stereocenters. The van der Waals surface area contributed by atoms with Crippen LogP contribution in [0.15, 0.2) is 0 Å². The third-order valence-corrected chi connectivity index (χ3v) is 5.23. The summed E-state index contributed by atoms with van der Waals surface area (Å²) in [4.78, 5) is 0. The Bertz CT molecular complexity index is 288. The first kappa shape index (κ1) is 13.8. The van der Waals surface area contributed by atoms with Crippen LogP contribution >= 0.6 is 0 Å². The van der Waals surface area contributed by atoms with E-state index in [-0.39, 0.29) is 5.92 Å². The van der Waals surface area contributed by atoms with Crippen LogP contribution in [0, 0.1) is 35.0 Å². The van der Waals surface area contributed by atoms with E-state index in [1.54, 1.807) is 0 Å². The van der Waals surface area contributed by atoms with Crippen molar-refractivity contribution in [2.45, 2.75) is 70.9 Å². The summed E-state index contributed by atoms with van der Waals surface area (Å²) in [6, 6.07) is 2.13. The van der Waals surface area contributed by atoms with Crippen LogP contribution in [0.3, 0.4) is 0 Å². The highest BCUT2D eigenvalue weighted by Crippen LogP contribution is 2.42. The van der Waals surface area contributed by atoms with Crippen molar-refractivity contribution in [1.82, 2.24) is 0 Å². The molecule has 2 rings (SSSR count). The van der Waals surface area contributed by atoms with Gasteiger partial charge in [-0.25, -0.2) is 4.39 Å². The van der Waals surface area contributed by atoms with Crippen LogP contribution in [0.1, 0.15) is 64.7 Å². The van der Waals surface area contributed by atoms with Gasteiger partial charge >= 0.3 is 0 Å². The lowest BCUT2D eigenvalue weighted by Gasteiger charge is -2.37. The number of halogens is 1. The highest BCUT2D eigenvalue weighted by molar-refractivity contribution is 4.94. The van der Waals surface area contributed by atoms with E-state index in [1.807, 2.05) is 0 Å². The molecule has 0 amide bonds. The molecule has 2 heteroatoms. The van der Waals surface area contributed by atoms with Gasteiger partial charge in [-0.1, -0.05) is 32.6 Å². The second kappa shape index (κ2) is 6.55. The summed E-state index contributed by atoms with van der Waals surface area (Å²) in [6.45, 7) is 2.27. The van der Waals surface area contributed by atoms with Crippen LogP contribution in [0.5, 0.6) is 0 Å². The largest absolute Gasteiger partial charge is 0.246 e. The Morgan fingerprint density at radius 2 is 1.72 bits per heavy atom. The van der Waals surface area contributed by atoms with E-state index in [2.05, 4.69) is 13.0 Å². The van der Waals surface area contributed by atoms with Gasteiger partial charge in [0.05, 0.1) is 12.0 Å². The SMILES string of the molecule is CCCC1CCC(C2CCC(C#N)C(F)C2)CC1. The Labute approximate surface area is 111 Å². The Balaban J connectivity index is 1.79. The molecule has 0 aromatic heterocycles. The van der Waals surface area contributed by atoms with Gasteiger partial charge in [0, 0.05) is 0 Å². The molecular weight excluding hydrogens is 225 g/mol. The van der Waals surface area contributed by atoms with E-state index in [0.717, 1.165) is 24.7 Å². The summed E-state index contributed by atoms with van der Waals surface area (Å²) in [5.74, 6) is 1.92. The zero-order valence-corrected chi connectivity index (χ0v) is 11.6. The first-order valence-electron chi connectivity index (χ1n) is 7.78. The highest BCUT2D eigenvalue weighted by Gasteiger charge is 2.35. The average Bonchev–Trinajstić information content (AvgIpc) is 2.40. The lowest BCUT2D eigenvalue weighted by atomic mass is 9.68. The molecular formula is C16H26FN. The Kier molecular flexibility index (Phi) is 5.03. The quantitative estimate of drug-likeness (QED) is 0.702. The van der Waals surface area contributed by atoms with E-state index in [9.17, 15) is 4.39 Å². The third kappa shape index (κ3) is 3.25. The predicted molar refractivity (Wildman–Crippen MR) is 71.7 cm³/mol. The van der Waals surface area contributed by atoms with E-state index < -0.39 is 6.17 Å². The molecule has 1 nitrogen and oxygen atoms in total. The molecule has 0 saturated heterocycles. The summed E-state index contributed by atoms with van der Waals surface area (Å²) in [5, 5.41) is 8.86. The summed E-state index contributed by atoms with van der Waals surface area (Å²) >= 11 is 0. The number of rotatable bonds is 3. The smallest absolute Gasteiger partial charge is 0.116 e. The van der Waals surface area contributed by atoms with Crippen LogP contribution < -0.4 is 0 Å². The number of nitrogens with zero attached hydrogens (tertiary/aromatic N) is 1. The van der Waals surface area contributed by atoms with Crippen molar-refractivity contribution in [2.75, 3.05) is 0 Å². The molecule has 18 heavy (non-hydrogen) atoms. The van der Waals surface area contributed by atoms with Crippen molar-refractivity contribution in [2.24, 2.45) is 23.7 Å². The lowest BCUT2D eigenvalue weighted by molar-refractivity contribution is 0.0949.